The van der Waals surface area contributed by atoms with Crippen molar-refractivity contribution >= 4 is 0 Å². The fourth-order valence-corrected chi connectivity index (χ4v) is 4.30. The highest BCUT2D eigenvalue weighted by molar-refractivity contribution is 5.44. The summed E-state index contributed by atoms with van der Waals surface area (Å²) in [7, 11) is 2.21. The zero-order valence-corrected chi connectivity index (χ0v) is 12.3. The van der Waals surface area contributed by atoms with E-state index in [-0.39, 0.29) is 11.7 Å². The van der Waals surface area contributed by atoms with Crippen molar-refractivity contribution < 1.29 is 4.39 Å². The Morgan fingerprint density at radius 1 is 0.952 bits per heavy atom. The molecule has 2 aromatic carbocycles. The van der Waals surface area contributed by atoms with Crippen molar-refractivity contribution in [2.75, 3.05) is 13.6 Å². The van der Waals surface area contributed by atoms with Crippen LogP contribution in [-0.2, 0) is 0 Å². The lowest BCUT2D eigenvalue weighted by Crippen LogP contribution is -2.34. The van der Waals surface area contributed by atoms with E-state index in [1.165, 1.54) is 17.5 Å². The minimum atomic E-state index is -0.0728. The van der Waals surface area contributed by atoms with Crippen molar-refractivity contribution in [2.24, 2.45) is 0 Å². The van der Waals surface area contributed by atoms with Crippen molar-refractivity contribution in [3.8, 4) is 0 Å². The molecular formula is C19H20FN. The summed E-state index contributed by atoms with van der Waals surface area (Å²) in [5.41, 5.74) is 3.62. The van der Waals surface area contributed by atoms with E-state index >= 15 is 0 Å². The van der Waals surface area contributed by atoms with Crippen molar-refractivity contribution in [1.82, 2.24) is 4.90 Å². The predicted molar refractivity (Wildman–Crippen MR) is 83.1 cm³/mol. The number of halogens is 1. The number of hydrogen-bond acceptors (Lipinski definition) is 1. The van der Waals surface area contributed by atoms with Gasteiger partial charge in [-0.15, -0.1) is 0 Å². The van der Waals surface area contributed by atoms with Gasteiger partial charge in [-0.05, 0) is 49.2 Å². The Labute approximate surface area is 125 Å². The molecule has 0 bridgehead atoms. The van der Waals surface area contributed by atoms with Crippen LogP contribution in [0, 0.1) is 5.82 Å². The van der Waals surface area contributed by atoms with Gasteiger partial charge in [0, 0.05) is 17.9 Å². The van der Waals surface area contributed by atoms with Gasteiger partial charge in [-0.1, -0.05) is 42.5 Å². The summed E-state index contributed by atoms with van der Waals surface area (Å²) in [5, 5.41) is 0. The third-order valence-electron chi connectivity index (χ3n) is 5.35. The smallest absolute Gasteiger partial charge is 0.127 e. The minimum Gasteiger partial charge on any atom is -0.303 e. The largest absolute Gasteiger partial charge is 0.303 e. The lowest BCUT2D eigenvalue weighted by Gasteiger charge is -2.37. The number of hydrogen-bond donors (Lipinski definition) is 0. The third kappa shape index (κ3) is 2.01. The Kier molecular flexibility index (Phi) is 3.07. The second-order valence-corrected chi connectivity index (χ2v) is 6.38. The highest BCUT2D eigenvalue weighted by Gasteiger charge is 2.41. The maximum absolute atomic E-state index is 14.3. The summed E-state index contributed by atoms with van der Waals surface area (Å²) < 4.78 is 14.3. The molecule has 2 aromatic rings. The molecular weight excluding hydrogens is 261 g/mol. The van der Waals surface area contributed by atoms with E-state index in [2.05, 4.69) is 36.2 Å². The van der Waals surface area contributed by atoms with Gasteiger partial charge in [0.25, 0.3) is 0 Å². The Balaban J connectivity index is 1.85. The van der Waals surface area contributed by atoms with Crippen LogP contribution in [0.25, 0.3) is 0 Å². The molecule has 2 aliphatic rings. The second kappa shape index (κ2) is 4.96. The number of likely N-dealkylation sites (N-methyl/N-ethyl adjacent to an activating group) is 1. The van der Waals surface area contributed by atoms with Crippen molar-refractivity contribution in [1.29, 1.82) is 0 Å². The van der Waals surface area contributed by atoms with Crippen molar-refractivity contribution in [3.63, 3.8) is 0 Å². The molecule has 1 saturated heterocycles. The fourth-order valence-electron chi connectivity index (χ4n) is 4.30. The first-order chi connectivity index (χ1) is 10.3. The molecule has 0 aromatic heterocycles. The average Bonchev–Trinajstić information content (AvgIpc) is 2.89. The predicted octanol–water partition coefficient (Wildman–Crippen LogP) is 4.15. The molecule has 0 amide bonds. The summed E-state index contributed by atoms with van der Waals surface area (Å²) in [5.74, 6) is 0.731. The van der Waals surface area contributed by atoms with E-state index in [0.717, 1.165) is 18.5 Å². The highest BCUT2D eigenvalue weighted by atomic mass is 19.1. The van der Waals surface area contributed by atoms with Crippen LogP contribution < -0.4 is 0 Å². The van der Waals surface area contributed by atoms with Gasteiger partial charge in [0.05, 0.1) is 0 Å². The molecule has 1 heterocycles. The Morgan fingerprint density at radius 3 is 2.38 bits per heavy atom. The maximum atomic E-state index is 14.3. The Bertz CT molecular complexity index is 666. The SMILES string of the molecule is CN1CCC2c3ccccc3C(c3ccccc3F)CC21. The molecule has 0 spiro atoms. The molecule has 1 fully saturated rings. The van der Waals surface area contributed by atoms with Crippen molar-refractivity contribution in [3.05, 3.63) is 71.0 Å². The highest BCUT2D eigenvalue weighted by Crippen LogP contribution is 2.48. The van der Waals surface area contributed by atoms with Crippen LogP contribution in [0.4, 0.5) is 4.39 Å². The number of nitrogens with zero attached hydrogens (tertiary/aromatic N) is 1. The first-order valence-electron chi connectivity index (χ1n) is 7.79. The summed E-state index contributed by atoms with van der Waals surface area (Å²) in [6.45, 7) is 1.15. The summed E-state index contributed by atoms with van der Waals surface area (Å²) in [6, 6.07) is 16.5. The van der Waals surface area contributed by atoms with E-state index in [1.54, 1.807) is 12.1 Å². The monoisotopic (exact) mass is 281 g/mol. The van der Waals surface area contributed by atoms with Crippen LogP contribution in [-0.4, -0.2) is 24.5 Å². The number of benzene rings is 2. The van der Waals surface area contributed by atoms with E-state index < -0.39 is 0 Å². The molecule has 1 nitrogen and oxygen atoms in total. The molecule has 0 radical (unpaired) electrons. The van der Waals surface area contributed by atoms with E-state index in [1.807, 2.05) is 12.1 Å². The van der Waals surface area contributed by atoms with Crippen LogP contribution in [0.3, 0.4) is 0 Å². The van der Waals surface area contributed by atoms with Gasteiger partial charge < -0.3 is 4.90 Å². The van der Waals surface area contributed by atoms with E-state index in [4.69, 9.17) is 0 Å². The molecule has 1 aliphatic carbocycles. The van der Waals surface area contributed by atoms with Gasteiger partial charge >= 0.3 is 0 Å². The van der Waals surface area contributed by atoms with Crippen LogP contribution in [0.1, 0.15) is 41.4 Å². The molecule has 0 N–H and O–H groups in total. The van der Waals surface area contributed by atoms with Gasteiger partial charge in [-0.25, -0.2) is 4.39 Å². The second-order valence-electron chi connectivity index (χ2n) is 6.38. The van der Waals surface area contributed by atoms with Gasteiger partial charge in [0.1, 0.15) is 5.82 Å². The van der Waals surface area contributed by atoms with Crippen LogP contribution >= 0.6 is 0 Å². The Morgan fingerprint density at radius 2 is 1.62 bits per heavy atom. The zero-order valence-electron chi connectivity index (χ0n) is 12.3. The first-order valence-corrected chi connectivity index (χ1v) is 7.79. The lowest BCUT2D eigenvalue weighted by molar-refractivity contribution is 0.264. The molecule has 108 valence electrons. The summed E-state index contributed by atoms with van der Waals surface area (Å²) in [4.78, 5) is 2.45. The van der Waals surface area contributed by atoms with Gasteiger partial charge in [0.15, 0.2) is 0 Å². The number of rotatable bonds is 1. The fraction of sp³-hybridized carbons (Fsp3) is 0.368. The first kappa shape index (κ1) is 13.0. The van der Waals surface area contributed by atoms with Gasteiger partial charge in [-0.3, -0.25) is 0 Å². The molecule has 3 atom stereocenters. The average molecular weight is 281 g/mol. The van der Waals surface area contributed by atoms with Gasteiger partial charge in [0.2, 0.25) is 0 Å². The lowest BCUT2D eigenvalue weighted by atomic mass is 9.71. The topological polar surface area (TPSA) is 3.24 Å². The molecule has 2 heteroatoms. The number of likely N-dealkylation sites (tertiary alicyclic amines) is 1. The zero-order chi connectivity index (χ0) is 14.4. The molecule has 4 rings (SSSR count). The number of fused-ring (bicyclic) bond motifs is 3. The quantitative estimate of drug-likeness (QED) is 0.759. The van der Waals surface area contributed by atoms with Crippen LogP contribution in [0.5, 0.6) is 0 Å². The molecule has 1 aliphatic heterocycles. The molecule has 3 unspecified atom stereocenters. The van der Waals surface area contributed by atoms with Crippen LogP contribution in [0.15, 0.2) is 48.5 Å². The van der Waals surface area contributed by atoms with Crippen LogP contribution in [0.2, 0.25) is 0 Å². The third-order valence-corrected chi connectivity index (χ3v) is 5.35. The standard InChI is InChI=1S/C19H20FN/c1-21-11-10-16-13-6-2-3-7-14(13)17(12-19(16)21)15-8-4-5-9-18(15)20/h2-9,16-17,19H,10-12H2,1H3. The van der Waals surface area contributed by atoms with E-state index in [0.29, 0.717) is 12.0 Å². The maximum Gasteiger partial charge on any atom is 0.127 e. The summed E-state index contributed by atoms with van der Waals surface area (Å²) >= 11 is 0. The Hall–Kier alpha value is -1.67. The molecule has 0 saturated carbocycles. The molecule has 21 heavy (non-hydrogen) atoms. The van der Waals surface area contributed by atoms with E-state index in [9.17, 15) is 4.39 Å². The summed E-state index contributed by atoms with van der Waals surface area (Å²) in [6.07, 6.45) is 2.25. The van der Waals surface area contributed by atoms with Gasteiger partial charge in [-0.2, -0.15) is 0 Å². The normalized spacial score (nSPS) is 28.2. The minimum absolute atomic E-state index is 0.0728. The van der Waals surface area contributed by atoms with Crippen molar-refractivity contribution in [2.45, 2.75) is 30.7 Å².